The lowest BCUT2D eigenvalue weighted by atomic mass is 9.79. The number of esters is 1. The molecule has 1 heterocycles. The van der Waals surface area contributed by atoms with E-state index in [9.17, 15) is 9.59 Å². The highest BCUT2D eigenvalue weighted by Gasteiger charge is 2.63. The van der Waals surface area contributed by atoms with Crippen molar-refractivity contribution < 1.29 is 23.8 Å². The summed E-state index contributed by atoms with van der Waals surface area (Å²) in [7, 11) is 3.12. The van der Waals surface area contributed by atoms with Crippen LogP contribution >= 0.6 is 0 Å². The van der Waals surface area contributed by atoms with Crippen LogP contribution in [0.25, 0.3) is 0 Å². The topological polar surface area (TPSA) is 73.9 Å². The van der Waals surface area contributed by atoms with Crippen LogP contribution in [-0.4, -0.2) is 32.2 Å². The van der Waals surface area contributed by atoms with Crippen molar-refractivity contribution >= 4 is 17.6 Å². The molecule has 1 aromatic rings. The lowest BCUT2D eigenvalue weighted by Crippen LogP contribution is -2.35. The average Bonchev–Trinajstić information content (AvgIpc) is 3.16. The number of anilines is 1. The molecule has 1 N–H and O–H groups in total. The number of carbonyl (C=O) groups is 2. The summed E-state index contributed by atoms with van der Waals surface area (Å²) in [6.07, 6.45) is 1.75. The van der Waals surface area contributed by atoms with E-state index in [1.165, 1.54) is 0 Å². The number of methoxy groups -OCH3 is 2. The Morgan fingerprint density at radius 1 is 1.26 bits per heavy atom. The van der Waals surface area contributed by atoms with E-state index in [2.05, 4.69) is 5.32 Å². The van der Waals surface area contributed by atoms with Crippen LogP contribution in [0.2, 0.25) is 0 Å². The number of benzene rings is 1. The average molecular weight is 317 g/mol. The molecule has 3 aliphatic rings. The predicted molar refractivity (Wildman–Crippen MR) is 81.2 cm³/mol. The maximum Gasteiger partial charge on any atom is 0.310 e. The molecule has 0 spiro atoms. The fourth-order valence-electron chi connectivity index (χ4n) is 4.49. The van der Waals surface area contributed by atoms with E-state index in [4.69, 9.17) is 14.2 Å². The van der Waals surface area contributed by atoms with Crippen molar-refractivity contribution in [3.05, 3.63) is 18.2 Å². The molecule has 122 valence electrons. The third-order valence-electron chi connectivity index (χ3n) is 5.45. The minimum Gasteiger partial charge on any atom is -0.497 e. The molecule has 3 fully saturated rings. The Hall–Kier alpha value is -2.24. The van der Waals surface area contributed by atoms with E-state index in [0.717, 1.165) is 12.8 Å². The first kappa shape index (κ1) is 14.4. The van der Waals surface area contributed by atoms with Crippen LogP contribution in [0.1, 0.15) is 12.8 Å². The molecule has 2 saturated carbocycles. The molecule has 5 atom stereocenters. The van der Waals surface area contributed by atoms with Crippen molar-refractivity contribution in [2.24, 2.45) is 23.7 Å². The summed E-state index contributed by atoms with van der Waals surface area (Å²) in [5.74, 6) is 0.721. The summed E-state index contributed by atoms with van der Waals surface area (Å²) < 4.78 is 15.9. The van der Waals surface area contributed by atoms with Gasteiger partial charge in [0.05, 0.1) is 31.7 Å². The zero-order valence-corrected chi connectivity index (χ0v) is 13.1. The van der Waals surface area contributed by atoms with E-state index in [-0.39, 0.29) is 41.7 Å². The first-order valence-corrected chi connectivity index (χ1v) is 7.85. The third-order valence-corrected chi connectivity index (χ3v) is 5.45. The molecule has 0 radical (unpaired) electrons. The van der Waals surface area contributed by atoms with Gasteiger partial charge in [-0.05, 0) is 30.9 Å². The van der Waals surface area contributed by atoms with Gasteiger partial charge in [-0.25, -0.2) is 0 Å². The lowest BCUT2D eigenvalue weighted by Gasteiger charge is -2.24. The predicted octanol–water partition coefficient (Wildman–Crippen LogP) is 1.84. The molecule has 6 nitrogen and oxygen atoms in total. The highest BCUT2D eigenvalue weighted by atomic mass is 16.6. The van der Waals surface area contributed by atoms with Gasteiger partial charge >= 0.3 is 5.97 Å². The van der Waals surface area contributed by atoms with Crippen molar-refractivity contribution in [1.29, 1.82) is 0 Å². The van der Waals surface area contributed by atoms with Gasteiger partial charge in [-0.15, -0.1) is 0 Å². The van der Waals surface area contributed by atoms with Gasteiger partial charge in [0, 0.05) is 12.0 Å². The van der Waals surface area contributed by atoms with Crippen molar-refractivity contribution in [2.45, 2.75) is 18.9 Å². The molecule has 1 amide bonds. The van der Waals surface area contributed by atoms with Crippen LogP contribution < -0.4 is 14.8 Å². The van der Waals surface area contributed by atoms with Gasteiger partial charge in [0.15, 0.2) is 0 Å². The summed E-state index contributed by atoms with van der Waals surface area (Å²) >= 11 is 0. The Labute approximate surface area is 134 Å². The van der Waals surface area contributed by atoms with Crippen LogP contribution in [0, 0.1) is 23.7 Å². The van der Waals surface area contributed by atoms with Crippen LogP contribution in [0.3, 0.4) is 0 Å². The van der Waals surface area contributed by atoms with Gasteiger partial charge in [0.1, 0.15) is 17.6 Å². The largest absolute Gasteiger partial charge is 0.497 e. The molecule has 1 saturated heterocycles. The van der Waals surface area contributed by atoms with Gasteiger partial charge in [-0.3, -0.25) is 9.59 Å². The highest BCUT2D eigenvalue weighted by Crippen LogP contribution is 2.57. The number of hydrogen-bond acceptors (Lipinski definition) is 5. The molecule has 1 aromatic carbocycles. The molecule has 2 bridgehead atoms. The fourth-order valence-corrected chi connectivity index (χ4v) is 4.49. The number of hydrogen-bond donors (Lipinski definition) is 1. The molecule has 23 heavy (non-hydrogen) atoms. The third kappa shape index (κ3) is 2.08. The minimum absolute atomic E-state index is 0.0351. The SMILES string of the molecule is COc1ccc(OC)c(NC(=O)[C@@H]2[C@@H]3C[C@@H]4[C@@H]2C(=O)O[C@H]4C3)c1. The summed E-state index contributed by atoms with van der Waals surface area (Å²) in [5.41, 5.74) is 0.558. The van der Waals surface area contributed by atoms with Gasteiger partial charge in [0.2, 0.25) is 5.91 Å². The molecule has 6 heteroatoms. The second kappa shape index (κ2) is 5.15. The van der Waals surface area contributed by atoms with Gasteiger partial charge in [0.25, 0.3) is 0 Å². The van der Waals surface area contributed by atoms with Crippen molar-refractivity contribution in [3.63, 3.8) is 0 Å². The van der Waals surface area contributed by atoms with Crippen LogP contribution in [0.5, 0.6) is 11.5 Å². The Kier molecular flexibility index (Phi) is 3.21. The normalized spacial score (nSPS) is 33.5. The van der Waals surface area contributed by atoms with E-state index in [0.29, 0.717) is 17.2 Å². The summed E-state index contributed by atoms with van der Waals surface area (Å²) in [4.78, 5) is 24.8. The smallest absolute Gasteiger partial charge is 0.310 e. The second-order valence-corrected chi connectivity index (χ2v) is 6.48. The number of amides is 1. The van der Waals surface area contributed by atoms with E-state index in [1.807, 2.05) is 0 Å². The van der Waals surface area contributed by atoms with Crippen LogP contribution in [0.15, 0.2) is 18.2 Å². The zero-order valence-electron chi connectivity index (χ0n) is 13.1. The molecule has 0 aromatic heterocycles. The van der Waals surface area contributed by atoms with Crippen molar-refractivity contribution in [1.82, 2.24) is 0 Å². The molecular formula is C17H19NO5. The maximum atomic E-state index is 12.8. The molecule has 1 aliphatic heterocycles. The van der Waals surface area contributed by atoms with E-state index >= 15 is 0 Å². The number of carbonyl (C=O) groups excluding carboxylic acids is 2. The highest BCUT2D eigenvalue weighted by molar-refractivity contribution is 5.98. The Morgan fingerprint density at radius 2 is 2.09 bits per heavy atom. The van der Waals surface area contributed by atoms with E-state index < -0.39 is 0 Å². The summed E-state index contributed by atoms with van der Waals surface area (Å²) in [6.45, 7) is 0. The fraction of sp³-hybridized carbons (Fsp3) is 0.529. The van der Waals surface area contributed by atoms with Gasteiger partial charge in [-0.2, -0.15) is 0 Å². The minimum atomic E-state index is -0.304. The standard InChI is InChI=1S/C17H19NO5/c1-21-9-3-4-12(22-2)11(7-9)18-16(19)14-8-5-10-13(6-8)23-17(20)15(10)14/h3-4,7-8,10,13-15H,5-6H2,1-2H3,(H,18,19)/t8-,10+,13+,14-,15+/m1/s1. The number of fused-ring (bicyclic) bond motifs is 1. The van der Waals surface area contributed by atoms with Crippen LogP contribution in [-0.2, 0) is 14.3 Å². The number of ether oxygens (including phenoxy) is 3. The molecule has 2 aliphatic carbocycles. The molecular weight excluding hydrogens is 298 g/mol. The van der Waals surface area contributed by atoms with Crippen LogP contribution in [0.4, 0.5) is 5.69 Å². The Morgan fingerprint density at radius 3 is 2.83 bits per heavy atom. The first-order chi connectivity index (χ1) is 11.1. The zero-order chi connectivity index (χ0) is 16.1. The van der Waals surface area contributed by atoms with Crippen molar-refractivity contribution in [2.75, 3.05) is 19.5 Å². The first-order valence-electron chi connectivity index (χ1n) is 7.85. The maximum absolute atomic E-state index is 12.8. The molecule has 0 unspecified atom stereocenters. The monoisotopic (exact) mass is 317 g/mol. The Bertz CT molecular complexity index is 671. The van der Waals surface area contributed by atoms with Gasteiger partial charge in [-0.1, -0.05) is 0 Å². The van der Waals surface area contributed by atoms with E-state index in [1.54, 1.807) is 32.4 Å². The number of nitrogens with one attached hydrogen (secondary N) is 1. The quantitative estimate of drug-likeness (QED) is 0.858. The lowest BCUT2D eigenvalue weighted by molar-refractivity contribution is -0.145. The summed E-state index contributed by atoms with van der Waals surface area (Å²) in [6, 6.07) is 5.24. The van der Waals surface area contributed by atoms with Crippen molar-refractivity contribution in [3.8, 4) is 11.5 Å². The Balaban J connectivity index is 1.58. The molecule has 4 rings (SSSR count). The second-order valence-electron chi connectivity index (χ2n) is 6.48. The summed E-state index contributed by atoms with van der Waals surface area (Å²) in [5, 5.41) is 2.91. The van der Waals surface area contributed by atoms with Gasteiger partial charge < -0.3 is 19.5 Å². The number of rotatable bonds is 4.